The molecule has 1 saturated heterocycles. The van der Waals surface area contributed by atoms with Crippen molar-refractivity contribution in [2.45, 2.75) is 38.7 Å². The number of ether oxygens (including phenoxy) is 1. The summed E-state index contributed by atoms with van der Waals surface area (Å²) in [4.78, 5) is 10.5. The molecular weight excluding hydrogens is 172 g/mol. The molecule has 0 aromatic heterocycles. The van der Waals surface area contributed by atoms with Crippen molar-refractivity contribution in [1.82, 2.24) is 0 Å². The number of aliphatic hydroxyl groups excluding tert-OH is 2. The maximum absolute atomic E-state index is 10.5. The first-order valence-electron chi connectivity index (χ1n) is 4.61. The van der Waals surface area contributed by atoms with Crippen LogP contribution >= 0.6 is 0 Å². The summed E-state index contributed by atoms with van der Waals surface area (Å²) in [6.45, 7) is 2.03. The molecule has 78 valence electrons. The van der Waals surface area contributed by atoms with Gasteiger partial charge in [-0.15, -0.1) is 0 Å². The SMILES string of the molecule is CC(O)CO.O=C1CCCCCO1. The molecule has 1 aliphatic rings. The summed E-state index contributed by atoms with van der Waals surface area (Å²) in [6, 6.07) is 0. The monoisotopic (exact) mass is 190 g/mol. The maximum atomic E-state index is 10.5. The molecule has 0 aliphatic carbocycles. The first kappa shape index (κ1) is 12.4. The predicted molar refractivity (Wildman–Crippen MR) is 48.2 cm³/mol. The zero-order chi connectivity index (χ0) is 10.1. The quantitative estimate of drug-likeness (QED) is 0.590. The van der Waals surface area contributed by atoms with E-state index in [-0.39, 0.29) is 12.6 Å². The number of carbonyl (C=O) groups is 1. The van der Waals surface area contributed by atoms with Crippen LogP contribution in [0.3, 0.4) is 0 Å². The molecule has 1 atom stereocenters. The molecule has 0 saturated carbocycles. The van der Waals surface area contributed by atoms with Gasteiger partial charge in [-0.25, -0.2) is 0 Å². The Morgan fingerprint density at radius 3 is 2.62 bits per heavy atom. The van der Waals surface area contributed by atoms with Gasteiger partial charge in [0.25, 0.3) is 0 Å². The molecule has 1 fully saturated rings. The molecule has 0 aromatic carbocycles. The Bertz CT molecular complexity index is 124. The van der Waals surface area contributed by atoms with Gasteiger partial charge in [-0.3, -0.25) is 4.79 Å². The summed E-state index contributed by atoms with van der Waals surface area (Å²) in [5, 5.41) is 16.0. The van der Waals surface area contributed by atoms with Crippen LogP contribution in [0.1, 0.15) is 32.6 Å². The summed E-state index contributed by atoms with van der Waals surface area (Å²) in [5.74, 6) is -0.0255. The average molecular weight is 190 g/mol. The van der Waals surface area contributed by atoms with E-state index in [0.29, 0.717) is 13.0 Å². The number of esters is 1. The molecule has 13 heavy (non-hydrogen) atoms. The van der Waals surface area contributed by atoms with E-state index in [1.54, 1.807) is 0 Å². The molecule has 1 unspecified atom stereocenters. The van der Waals surface area contributed by atoms with Gasteiger partial charge in [0.1, 0.15) is 0 Å². The molecule has 4 heteroatoms. The predicted octanol–water partition coefficient (Wildman–Crippen LogP) is 0.463. The highest BCUT2D eigenvalue weighted by Crippen LogP contribution is 2.06. The van der Waals surface area contributed by atoms with Gasteiger partial charge in [0, 0.05) is 6.42 Å². The molecule has 0 bridgehead atoms. The van der Waals surface area contributed by atoms with Gasteiger partial charge in [-0.2, -0.15) is 0 Å². The van der Waals surface area contributed by atoms with E-state index in [0.717, 1.165) is 19.3 Å². The Kier molecular flexibility index (Phi) is 7.63. The van der Waals surface area contributed by atoms with Crippen molar-refractivity contribution in [2.24, 2.45) is 0 Å². The molecule has 1 aliphatic heterocycles. The third kappa shape index (κ3) is 9.30. The number of aliphatic hydroxyl groups is 2. The van der Waals surface area contributed by atoms with Crippen molar-refractivity contribution in [3.63, 3.8) is 0 Å². The van der Waals surface area contributed by atoms with E-state index in [9.17, 15) is 4.79 Å². The molecule has 0 radical (unpaired) electrons. The fourth-order valence-electron chi connectivity index (χ4n) is 0.806. The molecule has 4 nitrogen and oxygen atoms in total. The molecule has 0 spiro atoms. The summed E-state index contributed by atoms with van der Waals surface area (Å²) in [6.07, 6.45) is 3.27. The van der Waals surface area contributed by atoms with Gasteiger partial charge in [0.15, 0.2) is 0 Å². The van der Waals surface area contributed by atoms with Gasteiger partial charge in [-0.05, 0) is 26.2 Å². The Morgan fingerprint density at radius 1 is 1.46 bits per heavy atom. The molecule has 2 N–H and O–H groups in total. The largest absolute Gasteiger partial charge is 0.466 e. The fourth-order valence-corrected chi connectivity index (χ4v) is 0.806. The second-order valence-electron chi connectivity index (χ2n) is 3.06. The topological polar surface area (TPSA) is 66.8 Å². The Morgan fingerprint density at radius 2 is 2.08 bits per heavy atom. The van der Waals surface area contributed by atoms with Crippen LogP contribution in [-0.4, -0.2) is 35.5 Å². The van der Waals surface area contributed by atoms with E-state index >= 15 is 0 Å². The van der Waals surface area contributed by atoms with Crippen molar-refractivity contribution >= 4 is 5.97 Å². The normalized spacial score (nSPS) is 19.2. The van der Waals surface area contributed by atoms with Crippen molar-refractivity contribution in [3.05, 3.63) is 0 Å². The van der Waals surface area contributed by atoms with Crippen LogP contribution < -0.4 is 0 Å². The van der Waals surface area contributed by atoms with Gasteiger partial charge < -0.3 is 14.9 Å². The summed E-state index contributed by atoms with van der Waals surface area (Å²) in [5.41, 5.74) is 0. The second kappa shape index (κ2) is 8.01. The fraction of sp³-hybridized carbons (Fsp3) is 0.889. The minimum atomic E-state index is -0.560. The lowest BCUT2D eigenvalue weighted by molar-refractivity contribution is -0.142. The summed E-state index contributed by atoms with van der Waals surface area (Å²) in [7, 11) is 0. The molecular formula is C9H18O4. The van der Waals surface area contributed by atoms with Gasteiger partial charge in [0.05, 0.1) is 19.3 Å². The van der Waals surface area contributed by atoms with Crippen LogP contribution in [0.2, 0.25) is 0 Å². The minimum Gasteiger partial charge on any atom is -0.466 e. The van der Waals surface area contributed by atoms with E-state index in [2.05, 4.69) is 0 Å². The lowest BCUT2D eigenvalue weighted by Gasteiger charge is -1.93. The summed E-state index contributed by atoms with van der Waals surface area (Å²) < 4.78 is 4.76. The third-order valence-electron chi connectivity index (χ3n) is 1.55. The molecule has 1 rings (SSSR count). The van der Waals surface area contributed by atoms with Crippen molar-refractivity contribution in [1.29, 1.82) is 0 Å². The zero-order valence-electron chi connectivity index (χ0n) is 8.03. The molecule has 0 aromatic rings. The standard InChI is InChI=1S/C6H10O2.C3H8O2/c7-6-4-2-1-3-5-8-6;1-3(5)2-4/h1-5H2;3-5H,2H2,1H3. The Hall–Kier alpha value is -0.610. The second-order valence-corrected chi connectivity index (χ2v) is 3.06. The first-order chi connectivity index (χ1) is 6.16. The van der Waals surface area contributed by atoms with Crippen LogP contribution in [0, 0.1) is 0 Å². The average Bonchev–Trinajstić information content (AvgIpc) is 2.33. The lowest BCUT2D eigenvalue weighted by atomic mass is 10.2. The van der Waals surface area contributed by atoms with E-state index in [1.165, 1.54) is 6.92 Å². The molecule has 0 amide bonds. The van der Waals surface area contributed by atoms with Crippen molar-refractivity contribution in [2.75, 3.05) is 13.2 Å². The van der Waals surface area contributed by atoms with Crippen LogP contribution in [0.4, 0.5) is 0 Å². The van der Waals surface area contributed by atoms with Crippen LogP contribution in [0.25, 0.3) is 0 Å². The number of rotatable bonds is 1. The van der Waals surface area contributed by atoms with E-state index in [4.69, 9.17) is 14.9 Å². The maximum Gasteiger partial charge on any atom is 0.305 e. The Labute approximate surface area is 78.5 Å². The zero-order valence-corrected chi connectivity index (χ0v) is 8.03. The minimum absolute atomic E-state index is 0.0255. The third-order valence-corrected chi connectivity index (χ3v) is 1.55. The number of cyclic esters (lactones) is 1. The number of hydrogen-bond acceptors (Lipinski definition) is 4. The number of hydrogen-bond donors (Lipinski definition) is 2. The smallest absolute Gasteiger partial charge is 0.305 e. The highest BCUT2D eigenvalue weighted by Gasteiger charge is 2.05. The van der Waals surface area contributed by atoms with Crippen molar-refractivity contribution < 1.29 is 19.7 Å². The van der Waals surface area contributed by atoms with Crippen LogP contribution in [0.15, 0.2) is 0 Å². The lowest BCUT2D eigenvalue weighted by Crippen LogP contribution is -2.03. The van der Waals surface area contributed by atoms with Gasteiger partial charge in [-0.1, -0.05) is 0 Å². The Balaban J connectivity index is 0.000000252. The van der Waals surface area contributed by atoms with Crippen LogP contribution in [0.5, 0.6) is 0 Å². The van der Waals surface area contributed by atoms with E-state index in [1.807, 2.05) is 0 Å². The van der Waals surface area contributed by atoms with Crippen LogP contribution in [-0.2, 0) is 9.53 Å². The number of carbonyl (C=O) groups excluding carboxylic acids is 1. The molecule has 1 heterocycles. The highest BCUT2D eigenvalue weighted by molar-refractivity contribution is 5.69. The van der Waals surface area contributed by atoms with Gasteiger partial charge in [0.2, 0.25) is 0 Å². The summed E-state index contributed by atoms with van der Waals surface area (Å²) >= 11 is 0. The highest BCUT2D eigenvalue weighted by atomic mass is 16.5. The van der Waals surface area contributed by atoms with Crippen molar-refractivity contribution in [3.8, 4) is 0 Å². The first-order valence-corrected chi connectivity index (χ1v) is 4.61. The van der Waals surface area contributed by atoms with Gasteiger partial charge >= 0.3 is 5.97 Å². The van der Waals surface area contributed by atoms with E-state index < -0.39 is 6.10 Å².